The Hall–Kier alpha value is -2.61. The van der Waals surface area contributed by atoms with Gasteiger partial charge >= 0.3 is 0 Å². The third-order valence-electron chi connectivity index (χ3n) is 3.55. The first-order valence-corrected chi connectivity index (χ1v) is 7.16. The number of carbonyl (C=O) groups is 1. The number of hydrogen-bond donors (Lipinski definition) is 1. The zero-order chi connectivity index (χ0) is 14.7. The molecule has 0 aliphatic carbocycles. The van der Waals surface area contributed by atoms with Gasteiger partial charge in [0.05, 0.1) is 0 Å². The summed E-state index contributed by atoms with van der Waals surface area (Å²) < 4.78 is 0. The minimum absolute atomic E-state index is 0.0274. The fourth-order valence-electron chi connectivity index (χ4n) is 2.56. The van der Waals surface area contributed by atoms with Crippen LogP contribution < -0.4 is 5.32 Å². The maximum atomic E-state index is 12.2. The molecule has 2 heteroatoms. The van der Waals surface area contributed by atoms with Crippen LogP contribution in [0.2, 0.25) is 0 Å². The van der Waals surface area contributed by atoms with Crippen LogP contribution in [0.3, 0.4) is 0 Å². The van der Waals surface area contributed by atoms with Crippen molar-refractivity contribution in [3.05, 3.63) is 72.3 Å². The average molecular weight is 275 g/mol. The Bertz CT molecular complexity index is 778. The molecule has 0 fully saturated rings. The van der Waals surface area contributed by atoms with E-state index in [9.17, 15) is 4.79 Å². The molecule has 3 rings (SSSR count). The highest BCUT2D eigenvalue weighted by molar-refractivity contribution is 6.04. The van der Waals surface area contributed by atoms with Gasteiger partial charge in [0, 0.05) is 12.1 Å². The molecule has 0 spiro atoms. The average Bonchev–Trinajstić information content (AvgIpc) is 2.55. The molecule has 0 aliphatic heterocycles. The summed E-state index contributed by atoms with van der Waals surface area (Å²) in [6.07, 6.45) is 0. The van der Waals surface area contributed by atoms with Crippen LogP contribution in [0.5, 0.6) is 0 Å². The zero-order valence-corrected chi connectivity index (χ0v) is 12.0. The summed E-state index contributed by atoms with van der Waals surface area (Å²) in [4.78, 5) is 12.2. The van der Waals surface area contributed by atoms with Crippen molar-refractivity contribution in [3.8, 4) is 11.1 Å². The van der Waals surface area contributed by atoms with Gasteiger partial charge in [0.15, 0.2) is 0 Å². The van der Waals surface area contributed by atoms with Gasteiger partial charge in [-0.2, -0.15) is 0 Å². The molecule has 3 aromatic rings. The van der Waals surface area contributed by atoms with Gasteiger partial charge in [0.25, 0.3) is 5.91 Å². The summed E-state index contributed by atoms with van der Waals surface area (Å²) in [5, 5.41) is 5.11. The Kier molecular flexibility index (Phi) is 3.69. The lowest BCUT2D eigenvalue weighted by Gasteiger charge is -2.10. The van der Waals surface area contributed by atoms with Crippen LogP contribution in [-0.4, -0.2) is 12.5 Å². The van der Waals surface area contributed by atoms with Gasteiger partial charge < -0.3 is 5.32 Å². The normalized spacial score (nSPS) is 10.5. The standard InChI is InChI=1S/C19H17NO/c1-2-20-19(21)16-12-15-10-6-7-11-17(15)18(13-16)14-8-4-3-5-9-14/h3-13H,2H2,1H3,(H,20,21). The second-order valence-corrected chi connectivity index (χ2v) is 4.97. The number of fused-ring (bicyclic) bond motifs is 1. The van der Waals surface area contributed by atoms with Crippen LogP contribution in [-0.2, 0) is 0 Å². The van der Waals surface area contributed by atoms with Crippen molar-refractivity contribution in [2.24, 2.45) is 0 Å². The topological polar surface area (TPSA) is 29.1 Å². The lowest BCUT2D eigenvalue weighted by Crippen LogP contribution is -2.22. The van der Waals surface area contributed by atoms with Crippen LogP contribution in [0.1, 0.15) is 17.3 Å². The summed E-state index contributed by atoms with van der Waals surface area (Å²) >= 11 is 0. The molecule has 0 saturated carbocycles. The molecule has 1 N–H and O–H groups in total. The van der Waals surface area contributed by atoms with Gasteiger partial charge in [0.1, 0.15) is 0 Å². The van der Waals surface area contributed by atoms with Crippen LogP contribution in [0.15, 0.2) is 66.7 Å². The molecule has 0 heterocycles. The van der Waals surface area contributed by atoms with Crippen molar-refractivity contribution in [1.29, 1.82) is 0 Å². The fraction of sp³-hybridized carbons (Fsp3) is 0.105. The van der Waals surface area contributed by atoms with E-state index in [-0.39, 0.29) is 5.91 Å². The van der Waals surface area contributed by atoms with E-state index >= 15 is 0 Å². The molecular weight excluding hydrogens is 258 g/mol. The van der Waals surface area contributed by atoms with E-state index in [4.69, 9.17) is 0 Å². The van der Waals surface area contributed by atoms with E-state index in [2.05, 4.69) is 23.5 Å². The summed E-state index contributed by atoms with van der Waals surface area (Å²) in [5.74, 6) is -0.0274. The molecular formula is C19H17NO. The molecule has 1 amide bonds. The molecule has 3 aromatic carbocycles. The molecule has 0 saturated heterocycles. The molecule has 0 bridgehead atoms. The van der Waals surface area contributed by atoms with E-state index < -0.39 is 0 Å². The zero-order valence-electron chi connectivity index (χ0n) is 12.0. The van der Waals surface area contributed by atoms with E-state index in [1.807, 2.05) is 55.5 Å². The predicted octanol–water partition coefficient (Wildman–Crippen LogP) is 4.26. The highest BCUT2D eigenvalue weighted by Crippen LogP contribution is 2.30. The number of nitrogens with one attached hydrogen (secondary N) is 1. The lowest BCUT2D eigenvalue weighted by atomic mass is 9.95. The van der Waals surface area contributed by atoms with Crippen molar-refractivity contribution in [2.45, 2.75) is 6.92 Å². The first-order chi connectivity index (χ1) is 10.3. The van der Waals surface area contributed by atoms with Gasteiger partial charge in [-0.05, 0) is 41.0 Å². The van der Waals surface area contributed by atoms with E-state index in [1.54, 1.807) is 0 Å². The largest absolute Gasteiger partial charge is 0.352 e. The van der Waals surface area contributed by atoms with Gasteiger partial charge in [-0.1, -0.05) is 54.6 Å². The van der Waals surface area contributed by atoms with Gasteiger partial charge in [0.2, 0.25) is 0 Å². The van der Waals surface area contributed by atoms with Crippen molar-refractivity contribution >= 4 is 16.7 Å². The first kappa shape index (κ1) is 13.4. The Morgan fingerprint density at radius 1 is 0.952 bits per heavy atom. The third kappa shape index (κ3) is 2.65. The molecule has 0 aromatic heterocycles. The minimum atomic E-state index is -0.0274. The molecule has 0 atom stereocenters. The van der Waals surface area contributed by atoms with E-state index in [0.29, 0.717) is 12.1 Å². The number of benzene rings is 3. The summed E-state index contributed by atoms with van der Waals surface area (Å²) in [5.41, 5.74) is 2.92. The van der Waals surface area contributed by atoms with Gasteiger partial charge in [-0.3, -0.25) is 4.79 Å². The predicted molar refractivity (Wildman–Crippen MR) is 87.4 cm³/mol. The maximum Gasteiger partial charge on any atom is 0.251 e. The van der Waals surface area contributed by atoms with Crippen molar-refractivity contribution in [3.63, 3.8) is 0 Å². The second kappa shape index (κ2) is 5.80. The summed E-state index contributed by atoms with van der Waals surface area (Å²) in [6, 6.07) is 22.3. The molecule has 2 nitrogen and oxygen atoms in total. The van der Waals surface area contributed by atoms with Crippen molar-refractivity contribution in [2.75, 3.05) is 6.54 Å². The monoisotopic (exact) mass is 275 g/mol. The second-order valence-electron chi connectivity index (χ2n) is 4.97. The number of carbonyl (C=O) groups excluding carboxylic acids is 1. The molecule has 104 valence electrons. The smallest absolute Gasteiger partial charge is 0.251 e. The highest BCUT2D eigenvalue weighted by atomic mass is 16.1. The maximum absolute atomic E-state index is 12.2. The quantitative estimate of drug-likeness (QED) is 0.760. The molecule has 21 heavy (non-hydrogen) atoms. The van der Waals surface area contributed by atoms with Crippen LogP contribution in [0, 0.1) is 0 Å². The number of amides is 1. The van der Waals surface area contributed by atoms with Crippen molar-refractivity contribution in [1.82, 2.24) is 5.32 Å². The fourth-order valence-corrected chi connectivity index (χ4v) is 2.56. The van der Waals surface area contributed by atoms with E-state index in [0.717, 1.165) is 21.9 Å². The molecule has 0 unspecified atom stereocenters. The Morgan fingerprint density at radius 2 is 1.67 bits per heavy atom. The lowest BCUT2D eigenvalue weighted by molar-refractivity contribution is 0.0956. The number of hydrogen-bond acceptors (Lipinski definition) is 1. The van der Waals surface area contributed by atoms with E-state index in [1.165, 1.54) is 0 Å². The van der Waals surface area contributed by atoms with Gasteiger partial charge in [-0.15, -0.1) is 0 Å². The third-order valence-corrected chi connectivity index (χ3v) is 3.55. The minimum Gasteiger partial charge on any atom is -0.352 e. The van der Waals surface area contributed by atoms with Crippen LogP contribution in [0.25, 0.3) is 21.9 Å². The Balaban J connectivity index is 2.23. The van der Waals surface area contributed by atoms with Crippen LogP contribution >= 0.6 is 0 Å². The Morgan fingerprint density at radius 3 is 2.43 bits per heavy atom. The Labute approximate surface area is 124 Å². The number of rotatable bonds is 3. The summed E-state index contributed by atoms with van der Waals surface area (Å²) in [6.45, 7) is 2.56. The SMILES string of the molecule is CCNC(=O)c1cc(-c2ccccc2)c2ccccc2c1. The first-order valence-electron chi connectivity index (χ1n) is 7.16. The summed E-state index contributed by atoms with van der Waals surface area (Å²) in [7, 11) is 0. The molecule has 0 radical (unpaired) electrons. The van der Waals surface area contributed by atoms with Gasteiger partial charge in [-0.25, -0.2) is 0 Å². The highest BCUT2D eigenvalue weighted by Gasteiger charge is 2.10. The molecule has 0 aliphatic rings. The van der Waals surface area contributed by atoms with Crippen molar-refractivity contribution < 1.29 is 4.79 Å². The van der Waals surface area contributed by atoms with Crippen LogP contribution in [0.4, 0.5) is 0 Å².